The maximum absolute atomic E-state index is 11.7. The molecule has 0 amide bonds. The predicted molar refractivity (Wildman–Crippen MR) is 134 cm³/mol. The normalized spacial score (nSPS) is 22.7. The summed E-state index contributed by atoms with van der Waals surface area (Å²) >= 11 is 0. The largest absolute Gasteiger partial charge is 0.465 e. The van der Waals surface area contributed by atoms with Crippen LogP contribution in [0.15, 0.2) is 54.6 Å². The fourth-order valence-corrected chi connectivity index (χ4v) is 5.13. The molecule has 0 aliphatic carbocycles. The minimum absolute atomic E-state index is 0.290. The van der Waals surface area contributed by atoms with E-state index in [-0.39, 0.29) is 5.97 Å². The van der Waals surface area contributed by atoms with Gasteiger partial charge in [0.15, 0.2) is 7.98 Å². The molecule has 4 rings (SSSR count). The molecule has 2 heterocycles. The molecule has 0 aromatic heterocycles. The highest BCUT2D eigenvalue weighted by molar-refractivity contribution is 6.04. The van der Waals surface area contributed by atoms with Crippen molar-refractivity contribution in [1.29, 1.82) is 0 Å². The second-order valence-electron chi connectivity index (χ2n) is 9.38. The van der Waals surface area contributed by atoms with Crippen molar-refractivity contribution in [2.75, 3.05) is 33.3 Å². The van der Waals surface area contributed by atoms with E-state index >= 15 is 0 Å². The van der Waals surface area contributed by atoms with Crippen molar-refractivity contribution in [3.8, 4) is 0 Å². The van der Waals surface area contributed by atoms with E-state index in [1.54, 1.807) is 0 Å². The molecule has 0 N–H and O–H groups in total. The maximum Gasteiger partial charge on any atom is 0.337 e. The Morgan fingerprint density at radius 3 is 2.36 bits per heavy atom. The number of hydrogen-bond donors (Lipinski definition) is 0. The van der Waals surface area contributed by atoms with Crippen molar-refractivity contribution < 1.29 is 9.53 Å². The van der Waals surface area contributed by atoms with Crippen LogP contribution >= 0.6 is 0 Å². The molecule has 0 saturated carbocycles. The molecule has 2 radical (unpaired) electrons. The minimum atomic E-state index is -0.290. The van der Waals surface area contributed by atoms with Gasteiger partial charge in [0.25, 0.3) is 0 Å². The standard InChI is InChI=1S/C27H34BN3O2/c1-20-16-29(18-22-8-10-24(11-9-22)27(32)33-3)17-21(2)31(20)19-25-6-4-5-7-26(25)23-12-14-30(28)15-13-23/h4-12,20-21H,13-19H2,1-3H3/t20-,21+. The summed E-state index contributed by atoms with van der Waals surface area (Å²) in [6.07, 6.45) is 3.28. The van der Waals surface area contributed by atoms with E-state index in [1.807, 2.05) is 29.1 Å². The van der Waals surface area contributed by atoms with Crippen LogP contribution in [0.4, 0.5) is 0 Å². The molecule has 33 heavy (non-hydrogen) atoms. The highest BCUT2D eigenvalue weighted by Gasteiger charge is 2.30. The zero-order valence-electron chi connectivity index (χ0n) is 20.0. The summed E-state index contributed by atoms with van der Waals surface area (Å²) in [5, 5.41) is 0. The number of benzene rings is 2. The van der Waals surface area contributed by atoms with Gasteiger partial charge in [-0.1, -0.05) is 42.5 Å². The number of esters is 1. The maximum atomic E-state index is 11.7. The molecule has 0 bridgehead atoms. The minimum Gasteiger partial charge on any atom is -0.465 e. The first-order valence-electron chi connectivity index (χ1n) is 11.9. The third-order valence-corrected chi connectivity index (χ3v) is 6.92. The summed E-state index contributed by atoms with van der Waals surface area (Å²) in [6, 6.07) is 17.5. The Bertz CT molecular complexity index is 979. The lowest BCUT2D eigenvalue weighted by Crippen LogP contribution is -2.55. The van der Waals surface area contributed by atoms with E-state index in [0.29, 0.717) is 17.6 Å². The number of rotatable bonds is 6. The van der Waals surface area contributed by atoms with Gasteiger partial charge in [-0.3, -0.25) is 9.80 Å². The lowest BCUT2D eigenvalue weighted by atomic mass is 9.93. The van der Waals surface area contributed by atoms with Gasteiger partial charge in [0.2, 0.25) is 0 Å². The second kappa shape index (κ2) is 10.7. The summed E-state index contributed by atoms with van der Waals surface area (Å²) in [4.78, 5) is 18.7. The number of nitrogens with zero attached hydrogens (tertiary/aromatic N) is 3. The lowest BCUT2D eigenvalue weighted by molar-refractivity contribution is 0.0290. The Kier molecular flexibility index (Phi) is 7.69. The molecule has 1 fully saturated rings. The van der Waals surface area contributed by atoms with Gasteiger partial charge in [-0.2, -0.15) is 0 Å². The molecule has 0 spiro atoms. The van der Waals surface area contributed by atoms with Crippen molar-refractivity contribution in [1.82, 2.24) is 14.6 Å². The van der Waals surface area contributed by atoms with Crippen LogP contribution in [-0.4, -0.2) is 73.9 Å². The number of ether oxygens (including phenoxy) is 1. The van der Waals surface area contributed by atoms with Crippen LogP contribution in [0.3, 0.4) is 0 Å². The number of carbonyl (C=O) groups excluding carboxylic acids is 1. The van der Waals surface area contributed by atoms with E-state index in [4.69, 9.17) is 12.7 Å². The average molecular weight is 443 g/mol. The highest BCUT2D eigenvalue weighted by Crippen LogP contribution is 2.28. The molecule has 2 aliphatic rings. The molecule has 172 valence electrons. The topological polar surface area (TPSA) is 36.0 Å². The lowest BCUT2D eigenvalue weighted by Gasteiger charge is -2.45. The summed E-state index contributed by atoms with van der Waals surface area (Å²) in [7, 11) is 7.36. The van der Waals surface area contributed by atoms with E-state index in [1.165, 1.54) is 29.4 Å². The summed E-state index contributed by atoms with van der Waals surface area (Å²) in [6.45, 7) is 10.3. The Labute approximate surface area is 199 Å². The van der Waals surface area contributed by atoms with Crippen LogP contribution in [0, 0.1) is 0 Å². The Hall–Kier alpha value is -2.41. The van der Waals surface area contributed by atoms with Gasteiger partial charge in [0, 0.05) is 44.8 Å². The van der Waals surface area contributed by atoms with E-state index in [2.05, 4.69) is 54.0 Å². The molecule has 2 atom stereocenters. The summed E-state index contributed by atoms with van der Waals surface area (Å²) < 4.78 is 4.80. The molecular weight excluding hydrogens is 409 g/mol. The van der Waals surface area contributed by atoms with Crippen LogP contribution in [0.5, 0.6) is 0 Å². The highest BCUT2D eigenvalue weighted by atomic mass is 16.5. The first-order chi connectivity index (χ1) is 15.9. The molecule has 0 unspecified atom stereocenters. The van der Waals surface area contributed by atoms with Crippen LogP contribution in [0.25, 0.3) is 5.57 Å². The van der Waals surface area contributed by atoms with Crippen molar-refractivity contribution in [2.45, 2.75) is 45.4 Å². The molecule has 6 heteroatoms. The fourth-order valence-electron chi connectivity index (χ4n) is 5.13. The monoisotopic (exact) mass is 443 g/mol. The third-order valence-electron chi connectivity index (χ3n) is 6.92. The second-order valence-corrected chi connectivity index (χ2v) is 9.38. The first-order valence-corrected chi connectivity index (χ1v) is 11.9. The van der Waals surface area contributed by atoms with Crippen molar-refractivity contribution >= 4 is 19.5 Å². The van der Waals surface area contributed by atoms with Gasteiger partial charge in [-0.25, -0.2) is 4.79 Å². The van der Waals surface area contributed by atoms with Gasteiger partial charge in [-0.15, -0.1) is 0 Å². The van der Waals surface area contributed by atoms with E-state index in [9.17, 15) is 4.79 Å². The van der Waals surface area contributed by atoms with Gasteiger partial charge in [0.05, 0.1) is 12.7 Å². The molecular formula is C27H34BN3O2. The van der Waals surface area contributed by atoms with Gasteiger partial charge >= 0.3 is 5.97 Å². The van der Waals surface area contributed by atoms with E-state index < -0.39 is 0 Å². The number of hydrogen-bond acceptors (Lipinski definition) is 5. The van der Waals surface area contributed by atoms with Gasteiger partial charge < -0.3 is 9.55 Å². The average Bonchev–Trinajstić information content (AvgIpc) is 2.82. The Balaban J connectivity index is 1.41. The van der Waals surface area contributed by atoms with Crippen LogP contribution in [-0.2, 0) is 17.8 Å². The fraction of sp³-hybridized carbons (Fsp3) is 0.444. The zero-order valence-corrected chi connectivity index (χ0v) is 20.0. The van der Waals surface area contributed by atoms with Crippen LogP contribution < -0.4 is 0 Å². The van der Waals surface area contributed by atoms with Crippen molar-refractivity contribution in [3.63, 3.8) is 0 Å². The first kappa shape index (κ1) is 23.7. The summed E-state index contributed by atoms with van der Waals surface area (Å²) in [5.74, 6) is -0.290. The van der Waals surface area contributed by atoms with Gasteiger partial charge in [0.1, 0.15) is 0 Å². The molecule has 2 aliphatic heterocycles. The van der Waals surface area contributed by atoms with Crippen molar-refractivity contribution in [2.24, 2.45) is 0 Å². The number of carbonyl (C=O) groups is 1. The SMILES string of the molecule is [B]N1CC=C(c2ccccc2CN2[C@H](C)CN(Cc3ccc(C(=O)OC)cc3)C[C@@H]2C)CC1. The summed E-state index contributed by atoms with van der Waals surface area (Å²) in [5.41, 5.74) is 6.01. The van der Waals surface area contributed by atoms with Crippen LogP contribution in [0.1, 0.15) is 47.3 Å². The molecule has 1 saturated heterocycles. The number of piperazine rings is 1. The Morgan fingerprint density at radius 2 is 1.73 bits per heavy atom. The van der Waals surface area contributed by atoms with Crippen molar-refractivity contribution in [3.05, 3.63) is 76.9 Å². The van der Waals surface area contributed by atoms with Crippen LogP contribution in [0.2, 0.25) is 0 Å². The molecule has 5 nitrogen and oxygen atoms in total. The Morgan fingerprint density at radius 1 is 1.03 bits per heavy atom. The molecule has 2 aromatic rings. The van der Waals surface area contributed by atoms with Gasteiger partial charge in [-0.05, 0) is 61.2 Å². The quantitative estimate of drug-likeness (QED) is 0.502. The number of methoxy groups -OCH3 is 1. The van der Waals surface area contributed by atoms with E-state index in [0.717, 1.165) is 45.7 Å². The molecule has 2 aromatic carbocycles. The zero-order chi connectivity index (χ0) is 23.4. The predicted octanol–water partition coefficient (Wildman–Crippen LogP) is 3.74. The smallest absolute Gasteiger partial charge is 0.337 e. The third kappa shape index (κ3) is 5.75.